The van der Waals surface area contributed by atoms with E-state index in [1.54, 1.807) is 18.2 Å². The normalized spacial score (nSPS) is 19.8. The molecular formula is C39H34O9. The van der Waals surface area contributed by atoms with Crippen LogP contribution >= 0.6 is 0 Å². The van der Waals surface area contributed by atoms with Gasteiger partial charge in [-0.3, -0.25) is 4.79 Å². The Morgan fingerprint density at radius 2 is 1.52 bits per heavy atom. The first-order chi connectivity index (χ1) is 22.8. The van der Waals surface area contributed by atoms with E-state index in [0.29, 0.717) is 45.6 Å². The molecule has 9 nitrogen and oxygen atoms in total. The Hall–Kier alpha value is -5.83. The van der Waals surface area contributed by atoms with Crippen molar-refractivity contribution in [1.29, 1.82) is 0 Å². The fourth-order valence-corrected chi connectivity index (χ4v) is 7.02. The number of carbonyl (C=O) groups excluding carboxylic acids is 1. The molecule has 2 heterocycles. The summed E-state index contributed by atoms with van der Waals surface area (Å²) >= 11 is 0. The molecule has 48 heavy (non-hydrogen) atoms. The molecule has 6 N–H and O–H groups in total. The number of Topliss-reactive ketones (excluding diaryl/α,β-unsaturated/α-hetero) is 1. The van der Waals surface area contributed by atoms with Gasteiger partial charge >= 0.3 is 0 Å². The fourth-order valence-electron chi connectivity index (χ4n) is 7.02. The number of allylic oxidation sites excluding steroid dienone is 2. The molecular weight excluding hydrogens is 612 g/mol. The van der Waals surface area contributed by atoms with Crippen LogP contribution in [0.1, 0.15) is 66.1 Å². The zero-order chi connectivity index (χ0) is 34.1. The fraction of sp³-hybridized carbons (Fsp3) is 0.205. The molecule has 0 fully saturated rings. The summed E-state index contributed by atoms with van der Waals surface area (Å²) in [5.74, 6) is -3.51. The largest absolute Gasteiger partial charge is 0.508 e. The summed E-state index contributed by atoms with van der Waals surface area (Å²) in [6.07, 6.45) is 5.83. The summed E-state index contributed by atoms with van der Waals surface area (Å²) in [5.41, 5.74) is 2.08. The molecule has 244 valence electrons. The zero-order valence-corrected chi connectivity index (χ0v) is 26.4. The van der Waals surface area contributed by atoms with E-state index in [-0.39, 0.29) is 45.6 Å². The number of ketones is 1. The topological polar surface area (TPSA) is 161 Å². The van der Waals surface area contributed by atoms with Gasteiger partial charge < -0.3 is 39.8 Å². The first-order valence-electron chi connectivity index (χ1n) is 15.6. The number of furan rings is 1. The summed E-state index contributed by atoms with van der Waals surface area (Å²) in [4.78, 5) is 14.8. The molecule has 0 saturated heterocycles. The molecule has 3 atom stereocenters. The Kier molecular flexibility index (Phi) is 7.16. The van der Waals surface area contributed by atoms with Gasteiger partial charge in [-0.05, 0) is 87.4 Å². The van der Waals surface area contributed by atoms with Crippen LogP contribution in [-0.2, 0) is 0 Å². The molecule has 0 saturated carbocycles. The van der Waals surface area contributed by atoms with Crippen LogP contribution < -0.4 is 4.74 Å². The number of hydrogen-bond donors (Lipinski definition) is 6. The average molecular weight is 647 g/mol. The first kappa shape index (κ1) is 30.8. The average Bonchev–Trinajstić information content (AvgIpc) is 3.43. The number of rotatable bonds is 5. The molecule has 1 aromatic heterocycles. The van der Waals surface area contributed by atoms with Crippen molar-refractivity contribution in [3.63, 3.8) is 0 Å². The van der Waals surface area contributed by atoms with Crippen molar-refractivity contribution >= 4 is 22.8 Å². The van der Waals surface area contributed by atoms with Gasteiger partial charge in [0.1, 0.15) is 57.2 Å². The van der Waals surface area contributed by atoms with Crippen molar-refractivity contribution in [2.75, 3.05) is 0 Å². The van der Waals surface area contributed by atoms with Crippen LogP contribution in [0.25, 0.3) is 28.4 Å². The quantitative estimate of drug-likeness (QED) is 0.0816. The highest BCUT2D eigenvalue weighted by molar-refractivity contribution is 6.03. The van der Waals surface area contributed by atoms with Crippen LogP contribution in [0.5, 0.6) is 40.2 Å². The van der Waals surface area contributed by atoms with Gasteiger partial charge in [0.2, 0.25) is 0 Å². The second-order valence-corrected chi connectivity index (χ2v) is 13.2. The molecule has 1 aliphatic heterocycles. The van der Waals surface area contributed by atoms with Crippen LogP contribution in [0.4, 0.5) is 0 Å². The van der Waals surface area contributed by atoms with Crippen molar-refractivity contribution in [2.24, 2.45) is 5.92 Å². The van der Waals surface area contributed by atoms with Gasteiger partial charge in [-0.1, -0.05) is 23.8 Å². The van der Waals surface area contributed by atoms with Crippen LogP contribution in [0.15, 0.2) is 88.9 Å². The summed E-state index contributed by atoms with van der Waals surface area (Å²) in [5, 5.41) is 65.8. The van der Waals surface area contributed by atoms with E-state index >= 15 is 0 Å². The highest BCUT2D eigenvalue weighted by Gasteiger charge is 2.43. The van der Waals surface area contributed by atoms with Gasteiger partial charge in [-0.2, -0.15) is 0 Å². The van der Waals surface area contributed by atoms with Crippen LogP contribution in [0.2, 0.25) is 0 Å². The number of carbonyl (C=O) groups is 1. The maximum absolute atomic E-state index is 14.8. The molecule has 5 aromatic rings. The number of ether oxygens (including phenoxy) is 1. The molecule has 0 radical (unpaired) electrons. The Morgan fingerprint density at radius 1 is 0.812 bits per heavy atom. The lowest BCUT2D eigenvalue weighted by molar-refractivity contribution is 0.0874. The van der Waals surface area contributed by atoms with Crippen molar-refractivity contribution in [3.8, 4) is 51.6 Å². The molecule has 9 heteroatoms. The molecule has 2 aliphatic rings. The smallest absolute Gasteiger partial charge is 0.171 e. The predicted octanol–water partition coefficient (Wildman–Crippen LogP) is 8.23. The third-order valence-electron chi connectivity index (χ3n) is 9.23. The summed E-state index contributed by atoms with van der Waals surface area (Å²) in [7, 11) is 0. The van der Waals surface area contributed by atoms with Gasteiger partial charge in [0.05, 0.1) is 5.56 Å². The molecule has 0 spiro atoms. The zero-order valence-electron chi connectivity index (χ0n) is 26.4. The Morgan fingerprint density at radius 3 is 2.25 bits per heavy atom. The van der Waals surface area contributed by atoms with Gasteiger partial charge in [0.25, 0.3) is 0 Å². The second-order valence-electron chi connectivity index (χ2n) is 13.2. The van der Waals surface area contributed by atoms with Crippen LogP contribution in [-0.4, -0.2) is 42.0 Å². The van der Waals surface area contributed by atoms with E-state index in [2.05, 4.69) is 0 Å². The third kappa shape index (κ3) is 5.37. The standard InChI is InChI=1S/C39H34O9/c1-19-10-26(25-7-6-23(40)16-30(25)43)36(38(46)27-18-35-21(12-29(27)42)8-9-39(2,3)48-35)28(11-19)37-31(44)13-22(14-32(37)45)33-15-20-4-5-24(41)17-34(20)47-33/h4-9,11-18,26,28,36,40-45H,10H2,1-3H3/t26-,28+,36-/m0/s1. The van der Waals surface area contributed by atoms with E-state index < -0.39 is 29.1 Å². The van der Waals surface area contributed by atoms with E-state index in [9.17, 15) is 35.4 Å². The van der Waals surface area contributed by atoms with Gasteiger partial charge in [0.15, 0.2) is 5.78 Å². The minimum absolute atomic E-state index is 0.00722. The minimum Gasteiger partial charge on any atom is -0.508 e. The SMILES string of the molecule is CC1=C[C@@H](c2c(O)cc(-c3cc4ccc(O)cc4o3)cc2O)[C@@H](C(=O)c2cc3c(cc2O)C=CC(C)(C)O3)[C@H](c2ccc(O)cc2O)C1. The molecule has 0 bridgehead atoms. The second kappa shape index (κ2) is 11.2. The van der Waals surface area contributed by atoms with Crippen molar-refractivity contribution in [3.05, 3.63) is 107 Å². The van der Waals surface area contributed by atoms with E-state index in [1.807, 2.05) is 39.0 Å². The van der Waals surface area contributed by atoms with Gasteiger partial charge in [-0.25, -0.2) is 0 Å². The highest BCUT2D eigenvalue weighted by Crippen LogP contribution is 2.53. The lowest BCUT2D eigenvalue weighted by Gasteiger charge is -2.37. The number of fused-ring (bicyclic) bond motifs is 2. The third-order valence-corrected chi connectivity index (χ3v) is 9.23. The van der Waals surface area contributed by atoms with Crippen molar-refractivity contribution in [1.82, 2.24) is 0 Å². The van der Waals surface area contributed by atoms with Gasteiger partial charge in [0, 0.05) is 52.0 Å². The summed E-state index contributed by atoms with van der Waals surface area (Å²) in [6.45, 7) is 5.61. The maximum Gasteiger partial charge on any atom is 0.171 e. The summed E-state index contributed by atoms with van der Waals surface area (Å²) < 4.78 is 12.0. The van der Waals surface area contributed by atoms with Crippen LogP contribution in [0, 0.1) is 5.92 Å². The number of aromatic hydroxyl groups is 6. The molecule has 0 unspecified atom stereocenters. The molecule has 4 aromatic carbocycles. The number of phenolic OH excluding ortho intramolecular Hbond substituents is 6. The van der Waals surface area contributed by atoms with Crippen molar-refractivity contribution < 1.29 is 44.6 Å². The molecule has 7 rings (SSSR count). The Bertz CT molecular complexity index is 2160. The van der Waals surface area contributed by atoms with Crippen LogP contribution in [0.3, 0.4) is 0 Å². The van der Waals surface area contributed by atoms with Gasteiger partial charge in [-0.15, -0.1) is 0 Å². The minimum atomic E-state index is -1.03. The Labute approximate surface area is 275 Å². The Balaban J connectivity index is 1.37. The predicted molar refractivity (Wildman–Crippen MR) is 180 cm³/mol. The van der Waals surface area contributed by atoms with E-state index in [0.717, 1.165) is 5.57 Å². The number of benzene rings is 4. The molecule has 1 aliphatic carbocycles. The number of hydrogen-bond acceptors (Lipinski definition) is 9. The first-order valence-corrected chi connectivity index (χ1v) is 15.6. The van der Waals surface area contributed by atoms with E-state index in [1.165, 1.54) is 48.5 Å². The number of phenols is 6. The van der Waals surface area contributed by atoms with Crippen molar-refractivity contribution in [2.45, 2.75) is 44.6 Å². The maximum atomic E-state index is 14.8. The van der Waals surface area contributed by atoms with E-state index in [4.69, 9.17) is 9.15 Å². The highest BCUT2D eigenvalue weighted by atomic mass is 16.5. The summed E-state index contributed by atoms with van der Waals surface area (Å²) in [6, 6.07) is 16.5. The monoisotopic (exact) mass is 646 g/mol. The molecule has 0 amide bonds. The lowest BCUT2D eigenvalue weighted by atomic mass is 9.65. The lowest BCUT2D eigenvalue weighted by Crippen LogP contribution is -2.32.